The normalized spacial score (nSPS) is 61.6. The summed E-state index contributed by atoms with van der Waals surface area (Å²) < 4.78 is 15.3. The van der Waals surface area contributed by atoms with Crippen molar-refractivity contribution < 1.29 is 39.4 Å². The Morgan fingerprint density at radius 2 is 1.84 bits per heavy atom. The molecule has 2 saturated heterocycles. The highest BCUT2D eigenvalue weighted by Crippen LogP contribution is 2.59. The van der Waals surface area contributed by atoms with Crippen LogP contribution in [0.5, 0.6) is 0 Å². The van der Waals surface area contributed by atoms with Gasteiger partial charge in [-0.15, -0.1) is 0 Å². The zero-order chi connectivity index (χ0) is 13.6. The Hall–Kier alpha value is -1.19. The zero-order valence-electron chi connectivity index (χ0n) is 9.54. The van der Waals surface area contributed by atoms with Crippen LogP contribution >= 0.6 is 0 Å². The molecule has 3 fully saturated rings. The average molecular weight is 272 g/mol. The molecule has 19 heavy (non-hydrogen) atoms. The highest BCUT2D eigenvalue weighted by molar-refractivity contribution is 5.68. The van der Waals surface area contributed by atoms with Crippen molar-refractivity contribution in [2.75, 3.05) is 0 Å². The fourth-order valence-corrected chi connectivity index (χ4v) is 3.51. The summed E-state index contributed by atoms with van der Waals surface area (Å²) in [6.45, 7) is 0. The number of rotatable bonds is 0. The first-order chi connectivity index (χ1) is 8.94. The molecule has 1 saturated carbocycles. The van der Waals surface area contributed by atoms with E-state index >= 15 is 0 Å². The lowest BCUT2D eigenvalue weighted by Crippen LogP contribution is -2.75. The number of aliphatic hydroxyl groups excluding tert-OH is 4. The molecule has 0 amide bonds. The largest absolute Gasteiger partial charge is 0.510 e. The second-order valence-electron chi connectivity index (χ2n) is 5.29. The molecule has 4 N–H and O–H groups in total. The molecule has 2 heterocycles. The van der Waals surface area contributed by atoms with E-state index in [1.807, 2.05) is 0 Å². The molecule has 104 valence electrons. The number of hydrogen-bond acceptors (Lipinski definition) is 8. The molecule has 4 rings (SSSR count). The fourth-order valence-electron chi connectivity index (χ4n) is 3.51. The van der Waals surface area contributed by atoms with E-state index in [-0.39, 0.29) is 0 Å². The highest BCUT2D eigenvalue weighted by Gasteiger charge is 2.84. The minimum absolute atomic E-state index is 0.758. The van der Waals surface area contributed by atoms with Crippen molar-refractivity contribution in [2.45, 2.75) is 47.8 Å². The van der Waals surface area contributed by atoms with E-state index in [0.717, 1.165) is 0 Å². The Labute approximate surface area is 106 Å². The van der Waals surface area contributed by atoms with Gasteiger partial charge in [-0.3, -0.25) is 0 Å². The maximum atomic E-state index is 11.5. The fraction of sp³-hybridized carbons (Fsp3) is 0.727. The number of carbonyl (C=O) groups is 1. The van der Waals surface area contributed by atoms with Gasteiger partial charge in [0.05, 0.1) is 0 Å². The van der Waals surface area contributed by atoms with Crippen molar-refractivity contribution in [3.63, 3.8) is 0 Å². The first kappa shape index (κ1) is 11.6. The minimum Gasteiger partial charge on any atom is -0.417 e. The Morgan fingerprint density at radius 3 is 2.58 bits per heavy atom. The Morgan fingerprint density at radius 1 is 1.11 bits per heavy atom. The Kier molecular flexibility index (Phi) is 1.90. The van der Waals surface area contributed by atoms with Gasteiger partial charge in [0.15, 0.2) is 0 Å². The molecule has 2 aliphatic carbocycles. The van der Waals surface area contributed by atoms with Crippen LogP contribution in [0.3, 0.4) is 0 Å². The molecule has 0 bridgehead atoms. The number of carbonyl (C=O) groups excluding carboxylic acids is 1. The van der Waals surface area contributed by atoms with Crippen LogP contribution in [0.25, 0.3) is 0 Å². The summed E-state index contributed by atoms with van der Waals surface area (Å²) >= 11 is 0. The topological polar surface area (TPSA) is 129 Å². The van der Waals surface area contributed by atoms with Gasteiger partial charge < -0.3 is 34.6 Å². The molecule has 8 heteroatoms. The highest BCUT2D eigenvalue weighted by atomic mass is 16.8. The number of epoxide rings is 1. The van der Waals surface area contributed by atoms with Gasteiger partial charge in [-0.1, -0.05) is 6.08 Å². The van der Waals surface area contributed by atoms with Gasteiger partial charge in [0.2, 0.25) is 11.2 Å². The van der Waals surface area contributed by atoms with Gasteiger partial charge >= 0.3 is 6.16 Å². The van der Waals surface area contributed by atoms with Crippen LogP contribution in [0.15, 0.2) is 12.2 Å². The second kappa shape index (κ2) is 3.10. The van der Waals surface area contributed by atoms with Crippen LogP contribution in [0.4, 0.5) is 4.79 Å². The maximum Gasteiger partial charge on any atom is 0.510 e. The van der Waals surface area contributed by atoms with Crippen molar-refractivity contribution in [1.82, 2.24) is 0 Å². The molecule has 0 aromatic rings. The van der Waals surface area contributed by atoms with Gasteiger partial charge in [-0.05, 0) is 6.08 Å². The molecule has 0 radical (unpaired) electrons. The van der Waals surface area contributed by atoms with E-state index in [1.165, 1.54) is 12.2 Å². The van der Waals surface area contributed by atoms with E-state index in [9.17, 15) is 25.2 Å². The molecule has 8 atom stereocenters. The van der Waals surface area contributed by atoms with E-state index in [0.29, 0.717) is 0 Å². The third-order valence-electron chi connectivity index (χ3n) is 4.47. The maximum absolute atomic E-state index is 11.5. The lowest BCUT2D eigenvalue weighted by Gasteiger charge is -2.49. The van der Waals surface area contributed by atoms with Crippen LogP contribution in [-0.4, -0.2) is 74.4 Å². The molecule has 0 spiro atoms. The van der Waals surface area contributed by atoms with Crippen molar-refractivity contribution in [1.29, 1.82) is 0 Å². The molecule has 8 nitrogen and oxygen atoms in total. The first-order valence-corrected chi connectivity index (χ1v) is 5.93. The lowest BCUT2D eigenvalue weighted by atomic mass is 9.62. The Bertz CT molecular complexity index is 491. The second-order valence-corrected chi connectivity index (χ2v) is 5.29. The van der Waals surface area contributed by atoms with Crippen molar-refractivity contribution >= 4 is 6.16 Å². The molecule has 0 unspecified atom stereocenters. The summed E-state index contributed by atoms with van der Waals surface area (Å²) in [6.07, 6.45) is -5.79. The SMILES string of the molecule is O=C1O[C@]23[C@H](O)[C@@H](O)C=C[C@@]2(O1)[C@@H](O)[C@@H](O)[C@@H]1O[C@@H]13. The smallest absolute Gasteiger partial charge is 0.417 e. The summed E-state index contributed by atoms with van der Waals surface area (Å²) in [5.74, 6) is 0. The third-order valence-corrected chi connectivity index (χ3v) is 4.47. The van der Waals surface area contributed by atoms with Crippen LogP contribution < -0.4 is 0 Å². The summed E-state index contributed by atoms with van der Waals surface area (Å²) in [5, 5.41) is 40.1. The zero-order valence-corrected chi connectivity index (χ0v) is 9.54. The summed E-state index contributed by atoms with van der Waals surface area (Å²) in [7, 11) is 0. The van der Waals surface area contributed by atoms with Crippen molar-refractivity contribution in [3.05, 3.63) is 12.2 Å². The van der Waals surface area contributed by atoms with Gasteiger partial charge in [0.1, 0.15) is 36.6 Å². The molecule has 0 aromatic carbocycles. The van der Waals surface area contributed by atoms with Crippen molar-refractivity contribution in [3.8, 4) is 0 Å². The number of ether oxygens (including phenoxy) is 3. The molecule has 2 aliphatic heterocycles. The van der Waals surface area contributed by atoms with Gasteiger partial charge in [-0.25, -0.2) is 4.79 Å². The Balaban J connectivity index is 1.95. The van der Waals surface area contributed by atoms with Crippen LogP contribution in [0.1, 0.15) is 0 Å². The van der Waals surface area contributed by atoms with Gasteiger partial charge in [-0.2, -0.15) is 0 Å². The summed E-state index contributed by atoms with van der Waals surface area (Å²) in [5.41, 5.74) is -3.48. The standard InChI is InChI=1S/C11H12O8/c12-3-1-2-10-7(15)4(13)5-8(17-5)11(10,6(3)14)19-9(16)18-10/h1-8,12-15H/t3-,4-,5-,6+,7-,8-,10+,11-/m0/s1. The molecule has 0 aromatic heterocycles. The predicted octanol–water partition coefficient (Wildman–Crippen LogP) is -2.57. The van der Waals surface area contributed by atoms with Crippen LogP contribution in [0, 0.1) is 0 Å². The number of aliphatic hydroxyl groups is 4. The molecular weight excluding hydrogens is 260 g/mol. The van der Waals surface area contributed by atoms with E-state index in [2.05, 4.69) is 0 Å². The third kappa shape index (κ3) is 1.03. The number of hydrogen-bond donors (Lipinski definition) is 4. The summed E-state index contributed by atoms with van der Waals surface area (Å²) in [6, 6.07) is 0. The lowest BCUT2D eigenvalue weighted by molar-refractivity contribution is -0.209. The number of fused-ring (bicyclic) bond motifs is 1. The molecule has 4 aliphatic rings. The first-order valence-electron chi connectivity index (χ1n) is 5.93. The quantitative estimate of drug-likeness (QED) is 0.215. The van der Waals surface area contributed by atoms with Gasteiger partial charge in [0.25, 0.3) is 0 Å². The van der Waals surface area contributed by atoms with E-state index < -0.39 is 54.0 Å². The van der Waals surface area contributed by atoms with Crippen LogP contribution in [0.2, 0.25) is 0 Å². The average Bonchev–Trinajstić information content (AvgIpc) is 3.10. The molecular formula is C11H12O8. The van der Waals surface area contributed by atoms with Gasteiger partial charge in [0, 0.05) is 0 Å². The van der Waals surface area contributed by atoms with E-state index in [1.54, 1.807) is 0 Å². The summed E-state index contributed by atoms with van der Waals surface area (Å²) in [4.78, 5) is 11.5. The monoisotopic (exact) mass is 272 g/mol. The van der Waals surface area contributed by atoms with E-state index in [4.69, 9.17) is 14.2 Å². The van der Waals surface area contributed by atoms with Crippen molar-refractivity contribution in [2.24, 2.45) is 0 Å². The predicted molar refractivity (Wildman–Crippen MR) is 54.9 cm³/mol. The van der Waals surface area contributed by atoms with Crippen LogP contribution in [-0.2, 0) is 14.2 Å². The minimum atomic E-state index is -1.75.